The molecule has 4 nitrogen and oxygen atoms in total. The second-order valence-electron chi connectivity index (χ2n) is 2.92. The number of phenols is 1. The first-order chi connectivity index (χ1) is 7.40. The lowest BCUT2D eigenvalue weighted by Crippen LogP contribution is -2.23. The molecule has 0 bridgehead atoms. The Balaban J connectivity index is 3.34. The van der Waals surface area contributed by atoms with Crippen molar-refractivity contribution in [3.8, 4) is 5.75 Å². The molecule has 0 aromatic heterocycles. The van der Waals surface area contributed by atoms with Crippen LogP contribution in [0.3, 0.4) is 0 Å². The third-order valence-electron chi connectivity index (χ3n) is 1.95. The fourth-order valence-electron chi connectivity index (χ4n) is 1.12. The van der Waals surface area contributed by atoms with E-state index in [9.17, 15) is 9.90 Å². The van der Waals surface area contributed by atoms with Crippen molar-refractivity contribution in [2.24, 2.45) is 5.73 Å². The van der Waals surface area contributed by atoms with Crippen LogP contribution in [-0.4, -0.2) is 18.2 Å². The van der Waals surface area contributed by atoms with Gasteiger partial charge in [0.25, 0.3) is 0 Å². The van der Waals surface area contributed by atoms with Crippen molar-refractivity contribution < 1.29 is 14.6 Å². The quantitative estimate of drug-likeness (QED) is 0.726. The fraction of sp³-hybridized carbons (Fsp3) is 0.222. The number of hydrogen-bond donors (Lipinski definition) is 2. The lowest BCUT2D eigenvalue weighted by Gasteiger charge is -2.15. The van der Waals surface area contributed by atoms with Crippen LogP contribution in [-0.2, 0) is 9.53 Å². The lowest BCUT2D eigenvalue weighted by molar-refractivity contribution is -0.142. The molecular weight excluding hydrogens is 410 g/mol. The first-order valence-electron chi connectivity index (χ1n) is 4.10. The summed E-state index contributed by atoms with van der Waals surface area (Å²) in [6, 6.07) is 0.644. The molecule has 1 aromatic rings. The highest BCUT2D eigenvalue weighted by molar-refractivity contribution is 9.11. The van der Waals surface area contributed by atoms with E-state index in [0.29, 0.717) is 19.0 Å². The van der Waals surface area contributed by atoms with Crippen LogP contribution in [0, 0.1) is 0 Å². The highest BCUT2D eigenvalue weighted by Gasteiger charge is 2.24. The number of ether oxygens (including phenoxy) is 1. The standard InChI is InChI=1S/C9H8Br3NO3/c1-16-9(15)7(13)5-3(10)2-4(11)8(14)6(5)12/h2,7,14H,13H2,1H3/t7-/m0/s1. The van der Waals surface area contributed by atoms with Gasteiger partial charge in [-0.3, -0.25) is 4.79 Å². The molecule has 0 amide bonds. The number of phenolic OH excluding ortho intramolecular Hbond substituents is 1. The van der Waals surface area contributed by atoms with Crippen molar-refractivity contribution in [1.29, 1.82) is 0 Å². The summed E-state index contributed by atoms with van der Waals surface area (Å²) in [5.41, 5.74) is 6.15. The smallest absolute Gasteiger partial charge is 0.327 e. The molecule has 0 radical (unpaired) electrons. The van der Waals surface area contributed by atoms with E-state index in [1.54, 1.807) is 6.07 Å². The number of carbonyl (C=O) groups is 1. The van der Waals surface area contributed by atoms with E-state index >= 15 is 0 Å². The Morgan fingerprint density at radius 3 is 2.50 bits per heavy atom. The van der Waals surface area contributed by atoms with Gasteiger partial charge < -0.3 is 15.6 Å². The molecule has 0 saturated heterocycles. The van der Waals surface area contributed by atoms with Crippen molar-refractivity contribution in [3.05, 3.63) is 25.0 Å². The fourth-order valence-corrected chi connectivity index (χ4v) is 3.74. The van der Waals surface area contributed by atoms with Crippen LogP contribution in [0.1, 0.15) is 11.6 Å². The maximum absolute atomic E-state index is 11.3. The molecule has 1 aromatic carbocycles. The molecule has 16 heavy (non-hydrogen) atoms. The number of esters is 1. The van der Waals surface area contributed by atoms with Gasteiger partial charge in [-0.05, 0) is 37.9 Å². The van der Waals surface area contributed by atoms with Gasteiger partial charge in [-0.1, -0.05) is 15.9 Å². The number of nitrogens with two attached hydrogens (primary N) is 1. The highest BCUT2D eigenvalue weighted by atomic mass is 79.9. The maximum atomic E-state index is 11.3. The molecule has 0 spiro atoms. The van der Waals surface area contributed by atoms with E-state index in [1.807, 2.05) is 0 Å². The number of carbonyl (C=O) groups excluding carboxylic acids is 1. The van der Waals surface area contributed by atoms with E-state index in [-0.39, 0.29) is 5.75 Å². The Morgan fingerprint density at radius 2 is 2.00 bits per heavy atom. The van der Waals surface area contributed by atoms with Crippen LogP contribution < -0.4 is 5.73 Å². The SMILES string of the molecule is COC(=O)[C@@H](N)c1c(Br)cc(Br)c(O)c1Br. The number of hydrogen-bond acceptors (Lipinski definition) is 4. The molecule has 1 atom stereocenters. The summed E-state index contributed by atoms with van der Waals surface area (Å²) < 4.78 is 5.99. The number of benzene rings is 1. The van der Waals surface area contributed by atoms with Crippen LogP contribution in [0.4, 0.5) is 0 Å². The number of halogens is 3. The minimum absolute atomic E-state index is 0.0162. The van der Waals surface area contributed by atoms with Crippen molar-refractivity contribution >= 4 is 53.8 Å². The summed E-state index contributed by atoms with van der Waals surface area (Å²) in [5.74, 6) is -0.597. The van der Waals surface area contributed by atoms with E-state index in [4.69, 9.17) is 5.73 Å². The average Bonchev–Trinajstić information content (AvgIpc) is 2.24. The molecule has 7 heteroatoms. The first-order valence-corrected chi connectivity index (χ1v) is 6.47. The van der Waals surface area contributed by atoms with Gasteiger partial charge in [0.1, 0.15) is 11.8 Å². The second-order valence-corrected chi connectivity index (χ2v) is 5.42. The molecule has 3 N–H and O–H groups in total. The van der Waals surface area contributed by atoms with Gasteiger partial charge in [-0.25, -0.2) is 0 Å². The van der Waals surface area contributed by atoms with Crippen molar-refractivity contribution in [2.75, 3.05) is 7.11 Å². The topological polar surface area (TPSA) is 72.5 Å². The molecule has 0 aliphatic rings. The summed E-state index contributed by atoms with van der Waals surface area (Å²) in [6.07, 6.45) is 0. The molecule has 0 unspecified atom stereocenters. The molecule has 1 rings (SSSR count). The summed E-state index contributed by atoms with van der Waals surface area (Å²) in [7, 11) is 1.25. The van der Waals surface area contributed by atoms with Crippen LogP contribution >= 0.6 is 47.8 Å². The van der Waals surface area contributed by atoms with E-state index in [2.05, 4.69) is 52.5 Å². The zero-order chi connectivity index (χ0) is 12.5. The van der Waals surface area contributed by atoms with Gasteiger partial charge in [0.05, 0.1) is 16.1 Å². The Morgan fingerprint density at radius 1 is 1.44 bits per heavy atom. The molecular formula is C9H8Br3NO3. The number of methoxy groups -OCH3 is 1. The van der Waals surface area contributed by atoms with Gasteiger partial charge in [0.15, 0.2) is 0 Å². The molecule has 0 aliphatic carbocycles. The molecule has 0 saturated carbocycles. The lowest BCUT2D eigenvalue weighted by atomic mass is 10.1. The summed E-state index contributed by atoms with van der Waals surface area (Å²) in [5, 5.41) is 9.69. The predicted molar refractivity (Wildman–Crippen MR) is 70.2 cm³/mol. The zero-order valence-corrected chi connectivity index (χ0v) is 12.9. The minimum Gasteiger partial charge on any atom is -0.506 e. The maximum Gasteiger partial charge on any atom is 0.327 e. The van der Waals surface area contributed by atoms with Gasteiger partial charge in [0, 0.05) is 10.0 Å². The van der Waals surface area contributed by atoms with Crippen molar-refractivity contribution in [1.82, 2.24) is 0 Å². The monoisotopic (exact) mass is 415 g/mol. The largest absolute Gasteiger partial charge is 0.506 e. The van der Waals surface area contributed by atoms with Crippen LogP contribution in [0.5, 0.6) is 5.75 Å². The van der Waals surface area contributed by atoms with Crippen LogP contribution in [0.2, 0.25) is 0 Å². The highest BCUT2D eigenvalue weighted by Crippen LogP contribution is 2.41. The second kappa shape index (κ2) is 5.48. The van der Waals surface area contributed by atoms with Gasteiger partial charge >= 0.3 is 5.97 Å². The normalized spacial score (nSPS) is 12.3. The van der Waals surface area contributed by atoms with E-state index in [1.165, 1.54) is 7.11 Å². The Bertz CT molecular complexity index is 436. The molecule has 88 valence electrons. The Kier molecular flexibility index (Phi) is 4.78. The van der Waals surface area contributed by atoms with Crippen LogP contribution in [0.25, 0.3) is 0 Å². The summed E-state index contributed by atoms with van der Waals surface area (Å²) in [4.78, 5) is 11.3. The average molecular weight is 418 g/mol. The third kappa shape index (κ3) is 2.58. The summed E-state index contributed by atoms with van der Waals surface area (Å²) >= 11 is 9.62. The predicted octanol–water partition coefficient (Wildman–Crippen LogP) is 2.85. The van der Waals surface area contributed by atoms with E-state index in [0.717, 1.165) is 0 Å². The van der Waals surface area contributed by atoms with Gasteiger partial charge in [-0.2, -0.15) is 0 Å². The van der Waals surface area contributed by atoms with E-state index < -0.39 is 12.0 Å². The van der Waals surface area contributed by atoms with Crippen molar-refractivity contribution in [3.63, 3.8) is 0 Å². The third-order valence-corrected chi connectivity index (χ3v) is 4.01. The molecule has 0 aliphatic heterocycles. The zero-order valence-electron chi connectivity index (χ0n) is 8.13. The van der Waals surface area contributed by atoms with Crippen molar-refractivity contribution in [2.45, 2.75) is 6.04 Å². The summed E-state index contributed by atoms with van der Waals surface area (Å²) in [6.45, 7) is 0. The number of rotatable bonds is 2. The minimum atomic E-state index is -0.965. The first kappa shape index (κ1) is 14.0. The Labute approximate surface area is 118 Å². The van der Waals surface area contributed by atoms with Gasteiger partial charge in [0.2, 0.25) is 0 Å². The number of aromatic hydroxyl groups is 1. The Hall–Kier alpha value is -0.110. The molecule has 0 fully saturated rings. The van der Waals surface area contributed by atoms with Gasteiger partial charge in [-0.15, -0.1) is 0 Å². The molecule has 0 heterocycles. The van der Waals surface area contributed by atoms with Crippen LogP contribution in [0.15, 0.2) is 19.5 Å².